The molecule has 2 N–H and O–H groups in total. The molecule has 0 spiro atoms. The molecule has 2 aliphatic rings. The van der Waals surface area contributed by atoms with Gasteiger partial charge in [-0.15, -0.1) is 0 Å². The van der Waals surface area contributed by atoms with E-state index < -0.39 is 17.1 Å². The fourth-order valence-electron chi connectivity index (χ4n) is 3.29. The molecule has 0 amide bonds. The van der Waals surface area contributed by atoms with Gasteiger partial charge >= 0.3 is 6.18 Å². The van der Waals surface area contributed by atoms with E-state index in [-0.39, 0.29) is 6.54 Å². The molecule has 2 saturated heterocycles. The zero-order valence-electron chi connectivity index (χ0n) is 12.2. The zero-order valence-corrected chi connectivity index (χ0v) is 13.1. The largest absolute Gasteiger partial charge is 0.399 e. The highest BCUT2D eigenvalue weighted by Crippen LogP contribution is 2.29. The first kappa shape index (κ1) is 17.0. The van der Waals surface area contributed by atoms with Crippen molar-refractivity contribution < 1.29 is 13.2 Å². The minimum atomic E-state index is -4.34. The molecular formula is C14H24F3N3S. The monoisotopic (exact) mass is 323 g/mol. The Morgan fingerprint density at radius 1 is 1.10 bits per heavy atom. The van der Waals surface area contributed by atoms with E-state index in [2.05, 4.69) is 17.1 Å². The van der Waals surface area contributed by atoms with Crippen LogP contribution in [0.1, 0.15) is 25.7 Å². The summed E-state index contributed by atoms with van der Waals surface area (Å²) in [6, 6.07) is 0. The fraction of sp³-hybridized carbons (Fsp3) is 0.929. The molecule has 2 aliphatic heterocycles. The molecule has 0 radical (unpaired) electrons. The number of likely N-dealkylation sites (tertiary alicyclic amines) is 2. The molecule has 1 unspecified atom stereocenters. The number of alkyl halides is 3. The predicted octanol–water partition coefficient (Wildman–Crippen LogP) is 2.26. The van der Waals surface area contributed by atoms with Crippen LogP contribution in [0.3, 0.4) is 0 Å². The molecular weight excluding hydrogens is 299 g/mol. The lowest BCUT2D eigenvalue weighted by atomic mass is 9.95. The maximum atomic E-state index is 12.9. The summed E-state index contributed by atoms with van der Waals surface area (Å²) < 4.78 is 38.6. The molecule has 0 aliphatic carbocycles. The molecule has 2 rings (SSSR count). The molecule has 3 nitrogen and oxygen atoms in total. The number of nitrogens with zero attached hydrogens (tertiary/aromatic N) is 2. The van der Waals surface area contributed by atoms with Crippen LogP contribution >= 0.6 is 12.2 Å². The molecule has 122 valence electrons. The van der Waals surface area contributed by atoms with Crippen LogP contribution in [-0.2, 0) is 0 Å². The van der Waals surface area contributed by atoms with Crippen molar-refractivity contribution in [3.05, 3.63) is 0 Å². The van der Waals surface area contributed by atoms with Crippen LogP contribution in [-0.4, -0.2) is 60.2 Å². The number of nitrogens with two attached hydrogens (primary N) is 1. The smallest absolute Gasteiger partial charge is 0.393 e. The maximum absolute atomic E-state index is 12.9. The Hall–Kier alpha value is -0.400. The lowest BCUT2D eigenvalue weighted by Crippen LogP contribution is -2.46. The van der Waals surface area contributed by atoms with Crippen molar-refractivity contribution >= 4 is 17.2 Å². The van der Waals surface area contributed by atoms with Crippen molar-refractivity contribution in [2.24, 2.45) is 17.6 Å². The van der Waals surface area contributed by atoms with Crippen molar-refractivity contribution in [2.75, 3.05) is 39.3 Å². The SMILES string of the molecule is NC(=S)C(CN1CCC(CN2CCCC2)CC1)C(F)(F)F. The first-order valence-corrected chi connectivity index (χ1v) is 8.08. The van der Waals surface area contributed by atoms with Gasteiger partial charge in [-0.2, -0.15) is 13.2 Å². The number of hydrogen-bond donors (Lipinski definition) is 1. The summed E-state index contributed by atoms with van der Waals surface area (Å²) in [4.78, 5) is 3.90. The minimum absolute atomic E-state index is 0.0880. The lowest BCUT2D eigenvalue weighted by molar-refractivity contribution is -0.160. The van der Waals surface area contributed by atoms with E-state index in [4.69, 9.17) is 5.73 Å². The molecule has 0 aromatic carbocycles. The van der Waals surface area contributed by atoms with Crippen LogP contribution in [0.5, 0.6) is 0 Å². The Morgan fingerprint density at radius 2 is 1.67 bits per heavy atom. The van der Waals surface area contributed by atoms with E-state index in [1.165, 1.54) is 25.9 Å². The molecule has 0 aromatic rings. The minimum Gasteiger partial charge on any atom is -0.393 e. The van der Waals surface area contributed by atoms with E-state index in [0.29, 0.717) is 19.0 Å². The average molecular weight is 323 g/mol. The summed E-state index contributed by atoms with van der Waals surface area (Å²) in [6.45, 7) is 4.80. The number of piperidine rings is 1. The van der Waals surface area contributed by atoms with Gasteiger partial charge in [-0.1, -0.05) is 12.2 Å². The maximum Gasteiger partial charge on any atom is 0.399 e. The van der Waals surface area contributed by atoms with Crippen molar-refractivity contribution in [2.45, 2.75) is 31.9 Å². The summed E-state index contributed by atoms with van der Waals surface area (Å²) >= 11 is 4.58. The second-order valence-electron chi connectivity index (χ2n) is 6.25. The standard InChI is InChI=1S/C14H24F3N3S/c15-14(16,17)12(13(18)21)10-20-7-3-11(4-8-20)9-19-5-1-2-6-19/h11-12H,1-10H2,(H2,18,21). The number of halogens is 3. The van der Waals surface area contributed by atoms with Gasteiger partial charge in [0.05, 0.1) is 4.99 Å². The Labute approximate surface area is 129 Å². The van der Waals surface area contributed by atoms with Crippen molar-refractivity contribution in [1.82, 2.24) is 9.80 Å². The summed E-state index contributed by atoms with van der Waals surface area (Å²) in [5.74, 6) is -1.06. The highest BCUT2D eigenvalue weighted by atomic mass is 32.1. The van der Waals surface area contributed by atoms with Crippen molar-refractivity contribution in [3.63, 3.8) is 0 Å². The topological polar surface area (TPSA) is 32.5 Å². The Bertz CT molecular complexity index is 348. The van der Waals surface area contributed by atoms with Gasteiger partial charge in [0.2, 0.25) is 0 Å². The highest BCUT2D eigenvalue weighted by molar-refractivity contribution is 7.80. The molecule has 2 fully saturated rings. The predicted molar refractivity (Wildman–Crippen MR) is 81.2 cm³/mol. The molecule has 0 aromatic heterocycles. The summed E-state index contributed by atoms with van der Waals surface area (Å²) in [5.41, 5.74) is 5.25. The third-order valence-electron chi connectivity index (χ3n) is 4.60. The molecule has 7 heteroatoms. The first-order chi connectivity index (χ1) is 9.86. The second kappa shape index (κ2) is 7.24. The van der Waals surface area contributed by atoms with Gasteiger partial charge < -0.3 is 15.5 Å². The van der Waals surface area contributed by atoms with Crippen LogP contribution in [0.25, 0.3) is 0 Å². The van der Waals surface area contributed by atoms with Gasteiger partial charge in [0, 0.05) is 13.1 Å². The van der Waals surface area contributed by atoms with Gasteiger partial charge in [0.25, 0.3) is 0 Å². The van der Waals surface area contributed by atoms with E-state index in [9.17, 15) is 13.2 Å². The van der Waals surface area contributed by atoms with E-state index >= 15 is 0 Å². The molecule has 0 saturated carbocycles. The summed E-state index contributed by atoms with van der Waals surface area (Å²) in [7, 11) is 0. The molecule has 0 bridgehead atoms. The van der Waals surface area contributed by atoms with Crippen LogP contribution in [0.15, 0.2) is 0 Å². The Morgan fingerprint density at radius 3 is 2.14 bits per heavy atom. The fourth-order valence-corrected chi connectivity index (χ4v) is 3.50. The summed E-state index contributed by atoms with van der Waals surface area (Å²) in [5, 5.41) is 0. The van der Waals surface area contributed by atoms with Crippen molar-refractivity contribution in [3.8, 4) is 0 Å². The molecule has 2 heterocycles. The average Bonchev–Trinajstić information content (AvgIpc) is 2.89. The van der Waals surface area contributed by atoms with Crippen LogP contribution in [0, 0.1) is 11.8 Å². The number of hydrogen-bond acceptors (Lipinski definition) is 3. The van der Waals surface area contributed by atoms with Gasteiger partial charge in [-0.3, -0.25) is 0 Å². The van der Waals surface area contributed by atoms with E-state index in [1.54, 1.807) is 0 Å². The van der Waals surface area contributed by atoms with Gasteiger partial charge in [-0.25, -0.2) is 0 Å². The van der Waals surface area contributed by atoms with E-state index in [0.717, 1.165) is 19.4 Å². The molecule has 1 atom stereocenters. The van der Waals surface area contributed by atoms with Gasteiger partial charge in [0.15, 0.2) is 0 Å². The summed E-state index contributed by atoms with van der Waals surface area (Å²) in [6.07, 6.45) is 0.162. The highest BCUT2D eigenvalue weighted by Gasteiger charge is 2.42. The first-order valence-electron chi connectivity index (χ1n) is 7.67. The third-order valence-corrected chi connectivity index (χ3v) is 4.89. The van der Waals surface area contributed by atoms with Crippen LogP contribution in [0.2, 0.25) is 0 Å². The zero-order chi connectivity index (χ0) is 15.5. The van der Waals surface area contributed by atoms with Gasteiger partial charge in [-0.05, 0) is 57.8 Å². The van der Waals surface area contributed by atoms with Gasteiger partial charge in [0.1, 0.15) is 5.92 Å². The third kappa shape index (κ3) is 5.07. The van der Waals surface area contributed by atoms with Crippen LogP contribution in [0.4, 0.5) is 13.2 Å². The molecule has 21 heavy (non-hydrogen) atoms. The quantitative estimate of drug-likeness (QED) is 0.787. The Kier molecular flexibility index (Phi) is 5.85. The number of rotatable bonds is 5. The van der Waals surface area contributed by atoms with Crippen molar-refractivity contribution in [1.29, 1.82) is 0 Å². The normalized spacial score (nSPS) is 24.3. The second-order valence-corrected chi connectivity index (χ2v) is 6.72. The van der Waals surface area contributed by atoms with Crippen LogP contribution < -0.4 is 5.73 Å². The Balaban J connectivity index is 1.76. The number of thiocarbonyl (C=S) groups is 1. The van der Waals surface area contributed by atoms with E-state index in [1.807, 2.05) is 4.90 Å². The lowest BCUT2D eigenvalue weighted by Gasteiger charge is -2.35.